The molecule has 0 unspecified atom stereocenters. The van der Waals surface area contributed by atoms with E-state index in [1.807, 2.05) is 6.92 Å². The Kier molecular flexibility index (Phi) is 5.53. The molecule has 21 heavy (non-hydrogen) atoms. The van der Waals surface area contributed by atoms with Crippen molar-refractivity contribution in [3.63, 3.8) is 0 Å². The van der Waals surface area contributed by atoms with E-state index in [9.17, 15) is 4.39 Å². The first-order chi connectivity index (χ1) is 10.1. The number of nitrogens with one attached hydrogen (secondary N) is 1. The average molecular weight is 373 g/mol. The van der Waals surface area contributed by atoms with Gasteiger partial charge in [-0.25, -0.2) is 14.4 Å². The largest absolute Gasteiger partial charge is 0.369 e. The maximum absolute atomic E-state index is 13.2. The highest BCUT2D eigenvalue weighted by Crippen LogP contribution is 2.31. The summed E-state index contributed by atoms with van der Waals surface area (Å²) in [7, 11) is 0. The summed E-state index contributed by atoms with van der Waals surface area (Å²) >= 11 is 9.65. The molecule has 1 heterocycles. The van der Waals surface area contributed by atoms with Gasteiger partial charge in [-0.1, -0.05) is 24.9 Å². The standard InChI is InChI=1S/C15H16BrClFN3/c1-3-5-12-13(16)15(19-4-2)21-14(20-12)10-7-6-9(18)8-11(10)17/h6-8H,3-5H2,1-2H3,(H,19,20,21). The second-order valence-corrected chi connectivity index (χ2v) is 5.76. The first-order valence-electron chi connectivity index (χ1n) is 6.82. The van der Waals surface area contributed by atoms with Gasteiger partial charge in [-0.15, -0.1) is 0 Å². The number of nitrogens with zero attached hydrogens (tertiary/aromatic N) is 2. The van der Waals surface area contributed by atoms with Crippen LogP contribution in [0.1, 0.15) is 26.0 Å². The third-order valence-electron chi connectivity index (χ3n) is 2.92. The maximum atomic E-state index is 13.2. The quantitative estimate of drug-likeness (QED) is 0.795. The van der Waals surface area contributed by atoms with Gasteiger partial charge in [0.15, 0.2) is 5.82 Å². The van der Waals surface area contributed by atoms with Gasteiger partial charge in [0.2, 0.25) is 0 Å². The number of anilines is 1. The fourth-order valence-electron chi connectivity index (χ4n) is 1.97. The van der Waals surface area contributed by atoms with E-state index in [1.165, 1.54) is 12.1 Å². The molecule has 6 heteroatoms. The van der Waals surface area contributed by atoms with Crippen LogP contribution in [0.2, 0.25) is 5.02 Å². The van der Waals surface area contributed by atoms with E-state index >= 15 is 0 Å². The molecule has 0 spiro atoms. The van der Waals surface area contributed by atoms with Crippen LogP contribution in [0.15, 0.2) is 22.7 Å². The number of rotatable bonds is 5. The Balaban J connectivity index is 2.56. The first-order valence-corrected chi connectivity index (χ1v) is 7.99. The van der Waals surface area contributed by atoms with Gasteiger partial charge in [0, 0.05) is 12.1 Å². The highest BCUT2D eigenvalue weighted by Gasteiger charge is 2.15. The van der Waals surface area contributed by atoms with Crippen molar-refractivity contribution in [1.29, 1.82) is 0 Å². The zero-order valence-corrected chi connectivity index (χ0v) is 14.2. The van der Waals surface area contributed by atoms with E-state index in [0.717, 1.165) is 35.4 Å². The van der Waals surface area contributed by atoms with Crippen molar-refractivity contribution in [2.45, 2.75) is 26.7 Å². The number of hydrogen-bond donors (Lipinski definition) is 1. The molecule has 2 aromatic rings. The van der Waals surface area contributed by atoms with Crippen LogP contribution in [0.25, 0.3) is 11.4 Å². The Bertz CT molecular complexity index is 622. The molecule has 0 fully saturated rings. The molecule has 1 aromatic heterocycles. The molecule has 0 aliphatic rings. The van der Waals surface area contributed by atoms with Crippen molar-refractivity contribution in [2.24, 2.45) is 0 Å². The zero-order valence-electron chi connectivity index (χ0n) is 11.9. The minimum Gasteiger partial charge on any atom is -0.369 e. The third-order valence-corrected chi connectivity index (χ3v) is 4.07. The molecule has 0 atom stereocenters. The zero-order chi connectivity index (χ0) is 15.4. The van der Waals surface area contributed by atoms with Crippen LogP contribution >= 0.6 is 27.5 Å². The molecule has 0 aliphatic carbocycles. The SMILES string of the molecule is CCCc1nc(-c2ccc(F)cc2Cl)nc(NCC)c1Br. The summed E-state index contributed by atoms with van der Waals surface area (Å²) < 4.78 is 14.1. The molecule has 1 aromatic carbocycles. The van der Waals surface area contributed by atoms with E-state index < -0.39 is 0 Å². The van der Waals surface area contributed by atoms with Crippen LogP contribution in [-0.4, -0.2) is 16.5 Å². The Labute approximate surface area is 137 Å². The van der Waals surface area contributed by atoms with Crippen LogP contribution in [0, 0.1) is 5.82 Å². The van der Waals surface area contributed by atoms with Crippen LogP contribution < -0.4 is 5.32 Å². The minimum atomic E-state index is -0.374. The van der Waals surface area contributed by atoms with Gasteiger partial charge in [-0.3, -0.25) is 0 Å². The summed E-state index contributed by atoms with van der Waals surface area (Å²) in [5.41, 5.74) is 1.54. The van der Waals surface area contributed by atoms with Crippen molar-refractivity contribution in [2.75, 3.05) is 11.9 Å². The molecule has 0 amide bonds. The summed E-state index contributed by atoms with van der Waals surface area (Å²) in [6.45, 7) is 4.84. The fraction of sp³-hybridized carbons (Fsp3) is 0.333. The predicted molar refractivity (Wildman–Crippen MR) is 88.3 cm³/mol. The highest BCUT2D eigenvalue weighted by atomic mass is 79.9. The lowest BCUT2D eigenvalue weighted by Crippen LogP contribution is -2.06. The van der Waals surface area contributed by atoms with Gasteiger partial charge < -0.3 is 5.32 Å². The van der Waals surface area contributed by atoms with E-state index in [4.69, 9.17) is 11.6 Å². The van der Waals surface area contributed by atoms with E-state index in [2.05, 4.69) is 38.1 Å². The van der Waals surface area contributed by atoms with Crippen molar-refractivity contribution in [3.8, 4) is 11.4 Å². The summed E-state index contributed by atoms with van der Waals surface area (Å²) in [6.07, 6.45) is 1.80. The Morgan fingerprint density at radius 2 is 2.05 bits per heavy atom. The number of hydrogen-bond acceptors (Lipinski definition) is 3. The summed E-state index contributed by atoms with van der Waals surface area (Å²) in [6, 6.07) is 4.24. The van der Waals surface area contributed by atoms with E-state index in [1.54, 1.807) is 6.07 Å². The number of benzene rings is 1. The van der Waals surface area contributed by atoms with Gasteiger partial charge in [-0.2, -0.15) is 0 Å². The molecule has 0 aliphatic heterocycles. The lowest BCUT2D eigenvalue weighted by Gasteiger charge is -2.12. The number of aromatic nitrogens is 2. The Hall–Kier alpha value is -1.20. The molecule has 112 valence electrons. The highest BCUT2D eigenvalue weighted by molar-refractivity contribution is 9.10. The average Bonchev–Trinajstić information content (AvgIpc) is 2.43. The molecule has 1 N–H and O–H groups in total. The number of halogens is 3. The van der Waals surface area contributed by atoms with Crippen molar-refractivity contribution < 1.29 is 4.39 Å². The van der Waals surface area contributed by atoms with Crippen molar-refractivity contribution in [3.05, 3.63) is 39.2 Å². The van der Waals surface area contributed by atoms with Crippen LogP contribution in [0.5, 0.6) is 0 Å². The van der Waals surface area contributed by atoms with Crippen molar-refractivity contribution in [1.82, 2.24) is 9.97 Å². The summed E-state index contributed by atoms with van der Waals surface area (Å²) in [5.74, 6) is 0.857. The minimum absolute atomic E-state index is 0.308. The van der Waals surface area contributed by atoms with E-state index in [-0.39, 0.29) is 5.82 Å². The topological polar surface area (TPSA) is 37.8 Å². The lowest BCUT2D eigenvalue weighted by atomic mass is 10.2. The maximum Gasteiger partial charge on any atom is 0.163 e. The Morgan fingerprint density at radius 3 is 2.67 bits per heavy atom. The second-order valence-electron chi connectivity index (χ2n) is 4.56. The van der Waals surface area contributed by atoms with Gasteiger partial charge in [0.05, 0.1) is 15.2 Å². The second kappa shape index (κ2) is 7.18. The Morgan fingerprint density at radius 1 is 1.29 bits per heavy atom. The molecule has 3 nitrogen and oxygen atoms in total. The van der Waals surface area contributed by atoms with Gasteiger partial charge in [0.25, 0.3) is 0 Å². The molecular formula is C15H16BrClFN3. The molecule has 0 saturated heterocycles. The van der Waals surface area contributed by atoms with Crippen LogP contribution in [0.4, 0.5) is 10.2 Å². The van der Waals surface area contributed by atoms with Gasteiger partial charge in [-0.05, 0) is 47.5 Å². The van der Waals surface area contributed by atoms with Gasteiger partial charge in [0.1, 0.15) is 11.6 Å². The molecule has 0 bridgehead atoms. The molecule has 0 saturated carbocycles. The molecule has 2 rings (SSSR count). The lowest BCUT2D eigenvalue weighted by molar-refractivity contribution is 0.628. The van der Waals surface area contributed by atoms with Crippen LogP contribution in [0.3, 0.4) is 0 Å². The monoisotopic (exact) mass is 371 g/mol. The number of aryl methyl sites for hydroxylation is 1. The van der Waals surface area contributed by atoms with Crippen LogP contribution in [-0.2, 0) is 6.42 Å². The van der Waals surface area contributed by atoms with Crippen molar-refractivity contribution >= 4 is 33.3 Å². The third kappa shape index (κ3) is 3.71. The molecular weight excluding hydrogens is 357 g/mol. The molecule has 0 radical (unpaired) electrons. The predicted octanol–water partition coefficient (Wildman–Crippen LogP) is 5.08. The summed E-state index contributed by atoms with van der Waals surface area (Å²) in [4.78, 5) is 9.05. The normalized spacial score (nSPS) is 10.7. The summed E-state index contributed by atoms with van der Waals surface area (Å²) in [5, 5.41) is 3.51. The smallest absolute Gasteiger partial charge is 0.163 e. The first kappa shape index (κ1) is 16.2. The fourth-order valence-corrected chi connectivity index (χ4v) is 2.74. The van der Waals surface area contributed by atoms with E-state index in [0.29, 0.717) is 16.4 Å². The van der Waals surface area contributed by atoms with Gasteiger partial charge >= 0.3 is 0 Å².